The zero-order chi connectivity index (χ0) is 20.9. The van der Waals surface area contributed by atoms with E-state index in [1.165, 1.54) is 4.90 Å². The number of hydrogen-bond acceptors (Lipinski definition) is 5. The highest BCUT2D eigenvalue weighted by Crippen LogP contribution is 2.27. The molecule has 1 atom stereocenters. The third-order valence-corrected chi connectivity index (χ3v) is 4.81. The number of para-hydroxylation sites is 1. The Hall–Kier alpha value is -3.77. The predicted molar refractivity (Wildman–Crippen MR) is 115 cm³/mol. The van der Waals surface area contributed by atoms with Crippen molar-refractivity contribution in [2.75, 3.05) is 11.4 Å². The number of rotatable bonds is 5. The molecule has 0 saturated carbocycles. The van der Waals surface area contributed by atoms with Gasteiger partial charge in [-0.3, -0.25) is 19.5 Å². The number of hydrogen-bond donors (Lipinski definition) is 1. The lowest BCUT2D eigenvalue weighted by Crippen LogP contribution is -2.45. The fourth-order valence-electron chi connectivity index (χ4n) is 3.35. The number of amides is 1. The van der Waals surface area contributed by atoms with E-state index in [2.05, 4.69) is 4.99 Å². The molecule has 30 heavy (non-hydrogen) atoms. The minimum atomic E-state index is -1.12. The number of benzodiazepines with no additional fused rings is 1. The lowest BCUT2D eigenvalue weighted by Gasteiger charge is -2.23. The van der Waals surface area contributed by atoms with Crippen molar-refractivity contribution in [2.24, 2.45) is 10.7 Å². The van der Waals surface area contributed by atoms with Gasteiger partial charge in [-0.05, 0) is 11.6 Å². The van der Waals surface area contributed by atoms with E-state index in [9.17, 15) is 9.59 Å². The van der Waals surface area contributed by atoms with Crippen molar-refractivity contribution in [1.29, 1.82) is 0 Å². The Bertz CT molecular complexity index is 1080. The molecule has 4 rings (SSSR count). The third-order valence-electron chi connectivity index (χ3n) is 4.81. The number of anilines is 1. The minimum Gasteiger partial charge on any atom is -0.459 e. The Morgan fingerprint density at radius 1 is 0.933 bits per heavy atom. The summed E-state index contributed by atoms with van der Waals surface area (Å²) in [5.41, 5.74) is 9.74. The fraction of sp³-hybridized carbons (Fsp3) is 0.125. The fourth-order valence-corrected chi connectivity index (χ4v) is 3.35. The number of carbonyl (C=O) groups excluding carboxylic acids is 2. The summed E-state index contributed by atoms with van der Waals surface area (Å²) in [6, 6.07) is 26.3. The van der Waals surface area contributed by atoms with Gasteiger partial charge in [0.1, 0.15) is 13.2 Å². The summed E-state index contributed by atoms with van der Waals surface area (Å²) >= 11 is 0. The highest BCUT2D eigenvalue weighted by atomic mass is 16.5. The Labute approximate surface area is 174 Å². The smallest absolute Gasteiger partial charge is 0.326 e. The number of ether oxygens (including phenoxy) is 1. The van der Waals surface area contributed by atoms with Gasteiger partial charge >= 0.3 is 5.97 Å². The standard InChI is InChI=1S/C24H21N3O3/c25-23-24(29)27(15-21(28)30-16-17-9-3-1-4-10-17)20-14-8-7-13-19(20)22(26-23)18-11-5-2-6-12-18/h1-14,23H,15-16,25H2. The maximum atomic E-state index is 13.0. The topological polar surface area (TPSA) is 85.0 Å². The number of nitrogens with two attached hydrogens (primary N) is 1. The normalized spacial score (nSPS) is 15.8. The van der Waals surface area contributed by atoms with Gasteiger partial charge < -0.3 is 10.5 Å². The van der Waals surface area contributed by atoms with Crippen molar-refractivity contribution in [2.45, 2.75) is 12.8 Å². The van der Waals surface area contributed by atoms with Gasteiger partial charge in [-0.15, -0.1) is 0 Å². The molecule has 0 fully saturated rings. The predicted octanol–water partition coefficient (Wildman–Crippen LogP) is 2.90. The summed E-state index contributed by atoms with van der Waals surface area (Å²) < 4.78 is 5.37. The molecule has 3 aromatic rings. The molecule has 6 nitrogen and oxygen atoms in total. The average molecular weight is 399 g/mol. The first-order valence-corrected chi connectivity index (χ1v) is 9.62. The molecule has 0 aromatic heterocycles. The average Bonchev–Trinajstić information content (AvgIpc) is 2.89. The van der Waals surface area contributed by atoms with Crippen LogP contribution in [-0.4, -0.2) is 30.3 Å². The molecule has 1 unspecified atom stereocenters. The number of nitrogens with zero attached hydrogens (tertiary/aromatic N) is 2. The van der Waals surface area contributed by atoms with Crippen LogP contribution in [0.4, 0.5) is 5.69 Å². The van der Waals surface area contributed by atoms with Crippen LogP contribution in [-0.2, 0) is 20.9 Å². The van der Waals surface area contributed by atoms with Gasteiger partial charge in [0, 0.05) is 11.1 Å². The molecule has 6 heteroatoms. The second-order valence-electron chi connectivity index (χ2n) is 6.88. The molecule has 0 aliphatic carbocycles. The van der Waals surface area contributed by atoms with Gasteiger partial charge in [0.15, 0.2) is 6.17 Å². The van der Waals surface area contributed by atoms with Gasteiger partial charge in [0.2, 0.25) is 0 Å². The third kappa shape index (κ3) is 4.14. The van der Waals surface area contributed by atoms with Crippen LogP contribution in [0, 0.1) is 0 Å². The highest BCUT2D eigenvalue weighted by Gasteiger charge is 2.31. The first-order valence-electron chi connectivity index (χ1n) is 9.62. The van der Waals surface area contributed by atoms with Crippen LogP contribution in [0.5, 0.6) is 0 Å². The lowest BCUT2D eigenvalue weighted by atomic mass is 10.0. The second-order valence-corrected chi connectivity index (χ2v) is 6.88. The van der Waals surface area contributed by atoms with Crippen molar-refractivity contribution in [1.82, 2.24) is 0 Å². The van der Waals surface area contributed by atoms with Crippen molar-refractivity contribution in [3.8, 4) is 0 Å². The van der Waals surface area contributed by atoms with E-state index >= 15 is 0 Å². The van der Waals surface area contributed by atoms with Gasteiger partial charge in [-0.25, -0.2) is 0 Å². The van der Waals surface area contributed by atoms with Crippen molar-refractivity contribution in [3.63, 3.8) is 0 Å². The molecule has 1 aliphatic heterocycles. The molecule has 0 saturated heterocycles. The zero-order valence-electron chi connectivity index (χ0n) is 16.3. The van der Waals surface area contributed by atoms with E-state index in [4.69, 9.17) is 10.5 Å². The summed E-state index contributed by atoms with van der Waals surface area (Å²) in [5.74, 6) is -0.970. The van der Waals surface area contributed by atoms with Gasteiger partial charge in [0.25, 0.3) is 5.91 Å². The summed E-state index contributed by atoms with van der Waals surface area (Å²) in [5, 5.41) is 0. The molecule has 1 amide bonds. The Kier molecular flexibility index (Phi) is 5.68. The van der Waals surface area contributed by atoms with E-state index in [0.29, 0.717) is 11.4 Å². The van der Waals surface area contributed by atoms with Crippen LogP contribution in [0.3, 0.4) is 0 Å². The van der Waals surface area contributed by atoms with Crippen LogP contribution in [0.25, 0.3) is 0 Å². The van der Waals surface area contributed by atoms with E-state index in [0.717, 1.165) is 16.7 Å². The van der Waals surface area contributed by atoms with Crippen molar-refractivity contribution < 1.29 is 14.3 Å². The molecule has 0 bridgehead atoms. The molecule has 0 spiro atoms. The molecular weight excluding hydrogens is 378 g/mol. The first-order chi connectivity index (χ1) is 14.6. The molecule has 2 N–H and O–H groups in total. The summed E-state index contributed by atoms with van der Waals surface area (Å²) in [6.07, 6.45) is -1.12. The van der Waals surface area contributed by atoms with E-state index in [1.54, 1.807) is 6.07 Å². The first kappa shape index (κ1) is 19.5. The van der Waals surface area contributed by atoms with Gasteiger partial charge in [0.05, 0.1) is 11.4 Å². The molecule has 150 valence electrons. The highest BCUT2D eigenvalue weighted by molar-refractivity contribution is 6.20. The zero-order valence-corrected chi connectivity index (χ0v) is 16.3. The summed E-state index contributed by atoms with van der Waals surface area (Å²) in [6.45, 7) is -0.102. The van der Waals surface area contributed by atoms with Gasteiger partial charge in [-0.2, -0.15) is 0 Å². The Morgan fingerprint density at radius 2 is 1.57 bits per heavy atom. The van der Waals surface area contributed by atoms with Crippen LogP contribution in [0.1, 0.15) is 16.7 Å². The number of esters is 1. The van der Waals surface area contributed by atoms with Crippen LogP contribution in [0.2, 0.25) is 0 Å². The Morgan fingerprint density at radius 3 is 2.30 bits per heavy atom. The number of fused-ring (bicyclic) bond motifs is 1. The molecule has 1 heterocycles. The number of carbonyl (C=O) groups is 2. The van der Waals surface area contributed by atoms with E-state index in [1.807, 2.05) is 78.9 Å². The number of aliphatic imine (C=N–C) groups is 1. The maximum absolute atomic E-state index is 13.0. The van der Waals surface area contributed by atoms with Gasteiger partial charge in [-0.1, -0.05) is 78.9 Å². The molecule has 0 radical (unpaired) electrons. The number of benzene rings is 3. The van der Waals surface area contributed by atoms with Crippen LogP contribution in [0.15, 0.2) is 89.9 Å². The second kappa shape index (κ2) is 8.71. The molecular formula is C24H21N3O3. The summed E-state index contributed by atoms with van der Waals surface area (Å²) in [7, 11) is 0. The summed E-state index contributed by atoms with van der Waals surface area (Å²) in [4.78, 5) is 31.3. The monoisotopic (exact) mass is 399 g/mol. The SMILES string of the molecule is NC1N=C(c2ccccc2)c2ccccc2N(CC(=O)OCc2ccccc2)C1=O. The maximum Gasteiger partial charge on any atom is 0.326 e. The van der Waals surface area contributed by atoms with Crippen LogP contribution >= 0.6 is 0 Å². The minimum absolute atomic E-state index is 0.140. The molecule has 1 aliphatic rings. The van der Waals surface area contributed by atoms with E-state index in [-0.39, 0.29) is 13.2 Å². The van der Waals surface area contributed by atoms with Crippen LogP contribution < -0.4 is 10.6 Å². The quantitative estimate of drug-likeness (QED) is 0.669. The van der Waals surface area contributed by atoms with Crippen molar-refractivity contribution in [3.05, 3.63) is 102 Å². The largest absolute Gasteiger partial charge is 0.459 e. The lowest BCUT2D eigenvalue weighted by molar-refractivity contribution is -0.144. The Balaban J connectivity index is 1.62. The van der Waals surface area contributed by atoms with Crippen molar-refractivity contribution >= 4 is 23.3 Å². The van der Waals surface area contributed by atoms with E-state index < -0.39 is 18.0 Å². The molecule has 3 aromatic carbocycles.